The van der Waals surface area contributed by atoms with Crippen LogP contribution in [-0.2, 0) is 0 Å². The Morgan fingerprint density at radius 1 is 1.38 bits per heavy atom. The molecule has 1 unspecified atom stereocenters. The Labute approximate surface area is 138 Å². The molecule has 1 aliphatic heterocycles. The van der Waals surface area contributed by atoms with Crippen LogP contribution in [0.15, 0.2) is 18.3 Å². The molecule has 1 aromatic rings. The van der Waals surface area contributed by atoms with Gasteiger partial charge in [0, 0.05) is 31.9 Å². The molecule has 0 bridgehead atoms. The maximum atomic E-state index is 12.2. The Kier molecular flexibility index (Phi) is 9.33. The lowest BCUT2D eigenvalue weighted by Gasteiger charge is -2.20. The normalized spacial score (nSPS) is 14.9. The average molecular weight is 335 g/mol. The van der Waals surface area contributed by atoms with E-state index in [1.165, 1.54) is 12.8 Å². The monoisotopic (exact) mass is 334 g/mol. The summed E-state index contributed by atoms with van der Waals surface area (Å²) in [6.45, 7) is 4.63. The number of halogens is 2. The molecule has 2 N–H and O–H groups in total. The van der Waals surface area contributed by atoms with Crippen LogP contribution in [0.2, 0.25) is 0 Å². The number of carbonyl (C=O) groups is 1. The summed E-state index contributed by atoms with van der Waals surface area (Å²) < 4.78 is 0. The molecule has 0 spiro atoms. The van der Waals surface area contributed by atoms with E-state index >= 15 is 0 Å². The van der Waals surface area contributed by atoms with Crippen LogP contribution in [0.3, 0.4) is 0 Å². The third-order valence-electron chi connectivity index (χ3n) is 3.50. The lowest BCUT2D eigenvalue weighted by atomic mass is 10.2. The Bertz CT molecular complexity index is 439. The minimum Gasteiger partial charge on any atom is -0.356 e. The summed E-state index contributed by atoms with van der Waals surface area (Å²) in [6.07, 6.45) is 4.10. The van der Waals surface area contributed by atoms with E-state index in [0.29, 0.717) is 12.1 Å². The fourth-order valence-electron chi connectivity index (χ4n) is 2.20. The maximum absolute atomic E-state index is 12.2. The van der Waals surface area contributed by atoms with Crippen LogP contribution in [0.1, 0.15) is 30.1 Å². The second-order valence-corrected chi connectivity index (χ2v) is 4.97. The first-order valence-electron chi connectivity index (χ1n) is 6.88. The molecular weight excluding hydrogens is 311 g/mol. The molecule has 1 amide bonds. The van der Waals surface area contributed by atoms with Crippen LogP contribution >= 0.6 is 24.8 Å². The first kappa shape index (κ1) is 20.0. The molecule has 0 aliphatic carbocycles. The van der Waals surface area contributed by atoms with E-state index in [1.54, 1.807) is 6.20 Å². The van der Waals surface area contributed by atoms with Crippen molar-refractivity contribution in [2.45, 2.75) is 25.8 Å². The number of hydrogen-bond acceptors (Lipinski definition) is 4. The summed E-state index contributed by atoms with van der Waals surface area (Å²) in [7, 11) is 1.89. The third-order valence-corrected chi connectivity index (χ3v) is 3.50. The fourth-order valence-corrected chi connectivity index (χ4v) is 2.20. The smallest absolute Gasteiger partial charge is 0.255 e. The largest absolute Gasteiger partial charge is 0.356 e. The van der Waals surface area contributed by atoms with Gasteiger partial charge in [0.1, 0.15) is 5.82 Å². The number of anilines is 1. The van der Waals surface area contributed by atoms with Gasteiger partial charge in [0.25, 0.3) is 5.91 Å². The van der Waals surface area contributed by atoms with Gasteiger partial charge in [-0.1, -0.05) is 0 Å². The van der Waals surface area contributed by atoms with Crippen molar-refractivity contribution < 1.29 is 4.79 Å². The molecule has 0 saturated carbocycles. The van der Waals surface area contributed by atoms with E-state index in [0.717, 1.165) is 18.9 Å². The van der Waals surface area contributed by atoms with E-state index in [9.17, 15) is 4.79 Å². The molecule has 5 nitrogen and oxygen atoms in total. The molecule has 1 fully saturated rings. The zero-order chi connectivity index (χ0) is 13.7. The average Bonchev–Trinajstić information content (AvgIpc) is 2.98. The number of aromatic nitrogens is 1. The van der Waals surface area contributed by atoms with Gasteiger partial charge in [-0.3, -0.25) is 4.79 Å². The number of pyridine rings is 1. The zero-order valence-electron chi connectivity index (χ0n) is 12.5. The van der Waals surface area contributed by atoms with Crippen LogP contribution in [0.25, 0.3) is 0 Å². The third kappa shape index (κ3) is 5.34. The molecule has 120 valence electrons. The quantitative estimate of drug-likeness (QED) is 0.862. The standard InChI is InChI=1S/C14H22N4O.2ClH/c1-11(15-2)10-17-14(19)12-6-5-7-16-13(12)18-8-3-4-9-18;;/h5-7,11,15H,3-4,8-10H2,1-2H3,(H,17,19);2*1H. The number of nitrogens with zero attached hydrogens (tertiary/aromatic N) is 2. The van der Waals surface area contributed by atoms with Gasteiger partial charge in [0.05, 0.1) is 5.56 Å². The lowest BCUT2D eigenvalue weighted by molar-refractivity contribution is 0.0950. The SMILES string of the molecule is CNC(C)CNC(=O)c1cccnc1N1CCCC1.Cl.Cl. The fraction of sp³-hybridized carbons (Fsp3) is 0.571. The predicted molar refractivity (Wildman–Crippen MR) is 91.0 cm³/mol. The van der Waals surface area contributed by atoms with Gasteiger partial charge < -0.3 is 15.5 Å². The van der Waals surface area contributed by atoms with E-state index < -0.39 is 0 Å². The second-order valence-electron chi connectivity index (χ2n) is 4.97. The second kappa shape index (κ2) is 9.82. The van der Waals surface area contributed by atoms with Crippen LogP contribution in [-0.4, -0.2) is 43.6 Å². The van der Waals surface area contributed by atoms with Crippen LogP contribution in [0.5, 0.6) is 0 Å². The van der Waals surface area contributed by atoms with Gasteiger partial charge in [-0.05, 0) is 38.9 Å². The molecule has 1 aromatic heterocycles. The van der Waals surface area contributed by atoms with Crippen molar-refractivity contribution in [3.05, 3.63) is 23.9 Å². The maximum Gasteiger partial charge on any atom is 0.255 e. The summed E-state index contributed by atoms with van der Waals surface area (Å²) in [5.74, 6) is 0.770. The molecule has 2 heterocycles. The van der Waals surface area contributed by atoms with Crippen molar-refractivity contribution in [3.63, 3.8) is 0 Å². The van der Waals surface area contributed by atoms with Crippen molar-refractivity contribution in [2.75, 3.05) is 31.6 Å². The lowest BCUT2D eigenvalue weighted by Crippen LogP contribution is -2.37. The number of rotatable bonds is 5. The molecule has 1 atom stereocenters. The van der Waals surface area contributed by atoms with Gasteiger partial charge in [-0.25, -0.2) is 4.98 Å². The van der Waals surface area contributed by atoms with Crippen molar-refractivity contribution in [1.82, 2.24) is 15.6 Å². The first-order valence-corrected chi connectivity index (χ1v) is 6.88. The molecule has 1 aliphatic rings. The van der Waals surface area contributed by atoms with Crippen LogP contribution in [0.4, 0.5) is 5.82 Å². The predicted octanol–water partition coefficient (Wildman–Crippen LogP) is 1.86. The summed E-state index contributed by atoms with van der Waals surface area (Å²) >= 11 is 0. The number of hydrogen-bond donors (Lipinski definition) is 2. The van der Waals surface area contributed by atoms with Crippen molar-refractivity contribution in [1.29, 1.82) is 0 Å². The molecule has 21 heavy (non-hydrogen) atoms. The molecular formula is C14H24Cl2N4O. The minimum atomic E-state index is -0.0444. The Hall–Kier alpha value is -1.04. The highest BCUT2D eigenvalue weighted by atomic mass is 35.5. The summed E-state index contributed by atoms with van der Waals surface area (Å²) in [5.41, 5.74) is 0.674. The highest BCUT2D eigenvalue weighted by molar-refractivity contribution is 5.98. The molecule has 1 saturated heterocycles. The summed E-state index contributed by atoms with van der Waals surface area (Å²) in [4.78, 5) is 18.8. The topological polar surface area (TPSA) is 57.3 Å². The number of carbonyl (C=O) groups excluding carboxylic acids is 1. The summed E-state index contributed by atoms with van der Waals surface area (Å²) in [5, 5.41) is 6.05. The van der Waals surface area contributed by atoms with Gasteiger partial charge in [-0.2, -0.15) is 0 Å². The number of amides is 1. The van der Waals surface area contributed by atoms with Gasteiger partial charge in [0.15, 0.2) is 0 Å². The van der Waals surface area contributed by atoms with Gasteiger partial charge in [0.2, 0.25) is 0 Å². The van der Waals surface area contributed by atoms with Crippen LogP contribution in [0, 0.1) is 0 Å². The zero-order valence-corrected chi connectivity index (χ0v) is 14.1. The van der Waals surface area contributed by atoms with Crippen molar-refractivity contribution >= 4 is 36.5 Å². The summed E-state index contributed by atoms with van der Waals surface area (Å²) in [6, 6.07) is 3.92. The molecule has 2 rings (SSSR count). The Morgan fingerprint density at radius 3 is 2.67 bits per heavy atom. The van der Waals surface area contributed by atoms with E-state index in [-0.39, 0.29) is 36.8 Å². The van der Waals surface area contributed by atoms with Crippen molar-refractivity contribution in [2.24, 2.45) is 0 Å². The highest BCUT2D eigenvalue weighted by Gasteiger charge is 2.20. The van der Waals surface area contributed by atoms with E-state index in [4.69, 9.17) is 0 Å². The van der Waals surface area contributed by atoms with E-state index in [1.807, 2.05) is 26.1 Å². The highest BCUT2D eigenvalue weighted by Crippen LogP contribution is 2.21. The van der Waals surface area contributed by atoms with E-state index in [2.05, 4.69) is 20.5 Å². The molecule has 0 radical (unpaired) electrons. The van der Waals surface area contributed by atoms with Crippen LogP contribution < -0.4 is 15.5 Å². The molecule has 7 heteroatoms. The number of likely N-dealkylation sites (N-methyl/N-ethyl adjacent to an activating group) is 1. The van der Waals surface area contributed by atoms with Crippen molar-refractivity contribution in [3.8, 4) is 0 Å². The minimum absolute atomic E-state index is 0. The van der Waals surface area contributed by atoms with Gasteiger partial charge >= 0.3 is 0 Å². The first-order chi connectivity index (χ1) is 9.22. The van der Waals surface area contributed by atoms with Gasteiger partial charge in [-0.15, -0.1) is 24.8 Å². The Balaban J connectivity index is 0.00000200. The number of nitrogens with one attached hydrogen (secondary N) is 2. The Morgan fingerprint density at radius 2 is 2.05 bits per heavy atom. The molecule has 0 aromatic carbocycles.